The second-order valence-corrected chi connectivity index (χ2v) is 9.29. The number of anilines is 1. The Kier molecular flexibility index (Phi) is 7.14. The first-order valence-corrected chi connectivity index (χ1v) is 11.9. The molecule has 0 spiro atoms. The maximum atomic E-state index is 12.9. The van der Waals surface area contributed by atoms with Gasteiger partial charge in [0.2, 0.25) is 0 Å². The molecule has 11 nitrogen and oxygen atoms in total. The summed E-state index contributed by atoms with van der Waals surface area (Å²) in [5.74, 6) is -2.02. The van der Waals surface area contributed by atoms with Crippen molar-refractivity contribution in [3.63, 3.8) is 0 Å². The second kappa shape index (κ2) is 10.2. The smallest absolute Gasteiger partial charge is 0.353 e. The molecular weight excluding hydrogens is 482 g/mol. The fourth-order valence-electron chi connectivity index (χ4n) is 3.61. The molecule has 2 unspecified atom stereocenters. The summed E-state index contributed by atoms with van der Waals surface area (Å²) >= 11 is 2.43. The van der Waals surface area contributed by atoms with Crippen molar-refractivity contribution >= 4 is 51.7 Å². The van der Waals surface area contributed by atoms with Crippen molar-refractivity contribution in [2.45, 2.75) is 18.7 Å². The third kappa shape index (κ3) is 4.76. The van der Waals surface area contributed by atoms with E-state index in [-0.39, 0.29) is 28.8 Å². The summed E-state index contributed by atoms with van der Waals surface area (Å²) in [6.45, 7) is 0.376. The highest BCUT2D eigenvalue weighted by Gasteiger charge is 2.54. The lowest BCUT2D eigenvalue weighted by atomic mass is 9.94. The molecule has 4 N–H and O–H groups in total. The van der Waals surface area contributed by atoms with E-state index in [4.69, 9.17) is 15.3 Å². The third-order valence-electron chi connectivity index (χ3n) is 5.15. The average molecular weight is 504 g/mol. The number of aromatic nitrogens is 1. The van der Waals surface area contributed by atoms with Gasteiger partial charge in [-0.15, -0.1) is 23.1 Å². The molecule has 34 heavy (non-hydrogen) atoms. The summed E-state index contributed by atoms with van der Waals surface area (Å²) in [5, 5.41) is 17.9. The molecule has 2 atom stereocenters. The van der Waals surface area contributed by atoms with E-state index in [0.717, 1.165) is 16.9 Å². The number of thiazole rings is 1. The van der Waals surface area contributed by atoms with Crippen molar-refractivity contribution in [2.75, 3.05) is 25.2 Å². The highest BCUT2D eigenvalue weighted by atomic mass is 32.2. The van der Waals surface area contributed by atoms with Crippen LogP contribution in [0.1, 0.15) is 11.3 Å². The van der Waals surface area contributed by atoms with Crippen LogP contribution in [0.15, 0.2) is 51.5 Å². The quantitative estimate of drug-likeness (QED) is 0.258. The summed E-state index contributed by atoms with van der Waals surface area (Å²) in [5.41, 5.74) is 6.55. The van der Waals surface area contributed by atoms with Crippen LogP contribution in [0, 0.1) is 0 Å². The molecule has 1 saturated heterocycles. The molecular formula is C21H21N5O6S2. The van der Waals surface area contributed by atoms with Crippen LogP contribution < -0.4 is 11.1 Å². The van der Waals surface area contributed by atoms with Gasteiger partial charge in [0.25, 0.3) is 11.8 Å². The van der Waals surface area contributed by atoms with Gasteiger partial charge in [0.1, 0.15) is 24.5 Å². The molecule has 3 heterocycles. The number of ether oxygens (including phenoxy) is 1. The van der Waals surface area contributed by atoms with E-state index < -0.39 is 29.9 Å². The van der Waals surface area contributed by atoms with E-state index in [2.05, 4.69) is 15.5 Å². The number of benzene rings is 1. The number of hydrogen-bond donors (Lipinski definition) is 3. The van der Waals surface area contributed by atoms with Crippen LogP contribution in [0.5, 0.6) is 0 Å². The molecule has 4 rings (SSSR count). The predicted molar refractivity (Wildman–Crippen MR) is 126 cm³/mol. The highest BCUT2D eigenvalue weighted by Crippen LogP contribution is 2.39. The lowest BCUT2D eigenvalue weighted by Crippen LogP contribution is -2.73. The SMILES string of the molecule is CON=C(C(=O)NC1C(=O)N2C(C(=O)O)=C(COCc3ccccc3)SCC12)c1csc(N)n1. The van der Waals surface area contributed by atoms with E-state index in [9.17, 15) is 19.5 Å². The summed E-state index contributed by atoms with van der Waals surface area (Å²) in [4.78, 5) is 48.1. The van der Waals surface area contributed by atoms with E-state index in [0.29, 0.717) is 17.3 Å². The van der Waals surface area contributed by atoms with Gasteiger partial charge in [-0.2, -0.15) is 0 Å². The number of carbonyl (C=O) groups is 3. The Bertz CT molecular complexity index is 1170. The maximum absolute atomic E-state index is 12.9. The van der Waals surface area contributed by atoms with Crippen LogP contribution in [-0.4, -0.2) is 70.0 Å². The van der Waals surface area contributed by atoms with Crippen LogP contribution in [0.2, 0.25) is 0 Å². The molecule has 178 valence electrons. The number of fused-ring (bicyclic) bond motifs is 1. The lowest BCUT2D eigenvalue weighted by molar-refractivity contribution is -0.153. The zero-order chi connectivity index (χ0) is 24.2. The van der Waals surface area contributed by atoms with E-state index >= 15 is 0 Å². The summed E-state index contributed by atoms with van der Waals surface area (Å²) in [6, 6.07) is 8.06. The summed E-state index contributed by atoms with van der Waals surface area (Å²) in [7, 11) is 1.28. The molecule has 0 bridgehead atoms. The Labute approximate surface area is 202 Å². The number of carboxylic acid groups (broad SMARTS) is 1. The molecule has 0 aliphatic carbocycles. The van der Waals surface area contributed by atoms with Gasteiger partial charge in [-0.05, 0) is 5.56 Å². The topological polar surface area (TPSA) is 156 Å². The van der Waals surface area contributed by atoms with Gasteiger partial charge in [0, 0.05) is 16.0 Å². The third-order valence-corrected chi connectivity index (χ3v) is 6.99. The van der Waals surface area contributed by atoms with Crippen molar-refractivity contribution in [1.82, 2.24) is 15.2 Å². The van der Waals surface area contributed by atoms with E-state index in [1.807, 2.05) is 30.3 Å². The zero-order valence-electron chi connectivity index (χ0n) is 18.0. The van der Waals surface area contributed by atoms with E-state index in [1.54, 1.807) is 5.38 Å². The monoisotopic (exact) mass is 503 g/mol. The number of rotatable bonds is 9. The number of aliphatic carboxylic acids is 1. The van der Waals surface area contributed by atoms with Gasteiger partial charge in [0.15, 0.2) is 10.8 Å². The van der Waals surface area contributed by atoms with Gasteiger partial charge in [0.05, 0.1) is 19.3 Å². The minimum absolute atomic E-state index is 0.0601. The molecule has 0 radical (unpaired) electrons. The standard InChI is InChI=1S/C21H21N5O6S2/c1-31-25-15(12-9-34-21(22)23-12)18(27)24-16-13-10-33-14(17(20(29)30)26(13)19(16)28)8-32-7-11-5-3-2-4-6-11/h2-6,9,13,16H,7-8,10H2,1H3,(H2,22,23)(H,24,27)(H,29,30). The number of nitrogens with two attached hydrogens (primary N) is 1. The van der Waals surface area contributed by atoms with Gasteiger partial charge < -0.3 is 25.7 Å². The number of hydrogen-bond acceptors (Lipinski definition) is 10. The minimum atomic E-state index is -1.23. The molecule has 2 aliphatic rings. The Hall–Kier alpha value is -3.42. The fraction of sp³-hybridized carbons (Fsp3) is 0.286. The Morgan fingerprint density at radius 3 is 2.74 bits per heavy atom. The lowest BCUT2D eigenvalue weighted by Gasteiger charge is -2.49. The maximum Gasteiger partial charge on any atom is 0.353 e. The Morgan fingerprint density at radius 1 is 1.32 bits per heavy atom. The molecule has 2 aromatic rings. The van der Waals surface area contributed by atoms with Gasteiger partial charge in [-0.25, -0.2) is 9.78 Å². The molecule has 1 fully saturated rings. The van der Waals surface area contributed by atoms with Crippen molar-refractivity contribution < 1.29 is 29.1 Å². The summed E-state index contributed by atoms with van der Waals surface area (Å²) in [6.07, 6.45) is 0. The number of nitrogen functional groups attached to an aromatic ring is 1. The van der Waals surface area contributed by atoms with Gasteiger partial charge in [-0.1, -0.05) is 35.5 Å². The first-order valence-electron chi connectivity index (χ1n) is 10.1. The number of carbonyl (C=O) groups excluding carboxylic acids is 2. The van der Waals surface area contributed by atoms with Gasteiger partial charge >= 0.3 is 5.97 Å². The second-order valence-electron chi connectivity index (χ2n) is 7.29. The number of amides is 2. The number of oxime groups is 1. The normalized spacial score (nSPS) is 20.0. The number of carboxylic acids is 1. The number of nitrogens with one attached hydrogen (secondary N) is 1. The van der Waals surface area contributed by atoms with E-state index in [1.165, 1.54) is 23.8 Å². The van der Waals surface area contributed by atoms with Crippen molar-refractivity contribution in [1.29, 1.82) is 0 Å². The Balaban J connectivity index is 1.45. The van der Waals surface area contributed by atoms with Crippen LogP contribution in [0.25, 0.3) is 0 Å². The van der Waals surface area contributed by atoms with Crippen molar-refractivity contribution in [3.8, 4) is 0 Å². The van der Waals surface area contributed by atoms with Crippen LogP contribution in [0.3, 0.4) is 0 Å². The van der Waals surface area contributed by atoms with Crippen LogP contribution >= 0.6 is 23.1 Å². The largest absolute Gasteiger partial charge is 0.477 e. The molecule has 2 amide bonds. The average Bonchev–Trinajstić information content (AvgIpc) is 3.26. The molecule has 1 aromatic carbocycles. The predicted octanol–water partition coefficient (Wildman–Crippen LogP) is 1.03. The van der Waals surface area contributed by atoms with Crippen molar-refractivity contribution in [3.05, 3.63) is 57.6 Å². The first-order chi connectivity index (χ1) is 16.4. The van der Waals surface area contributed by atoms with Crippen molar-refractivity contribution in [2.24, 2.45) is 5.16 Å². The summed E-state index contributed by atoms with van der Waals surface area (Å²) < 4.78 is 5.69. The van der Waals surface area contributed by atoms with Gasteiger partial charge in [-0.3, -0.25) is 14.5 Å². The molecule has 2 aliphatic heterocycles. The van der Waals surface area contributed by atoms with Crippen LogP contribution in [-0.2, 0) is 30.6 Å². The molecule has 0 saturated carbocycles. The zero-order valence-corrected chi connectivity index (χ0v) is 19.6. The first kappa shape index (κ1) is 23.7. The minimum Gasteiger partial charge on any atom is -0.477 e. The van der Waals surface area contributed by atoms with Crippen LogP contribution in [0.4, 0.5) is 5.13 Å². The molecule has 1 aromatic heterocycles. The Morgan fingerprint density at radius 2 is 2.09 bits per heavy atom. The fourth-order valence-corrected chi connectivity index (χ4v) is 5.36. The number of nitrogens with zero attached hydrogens (tertiary/aromatic N) is 3. The highest BCUT2D eigenvalue weighted by molar-refractivity contribution is 8.03. The number of thioether (sulfide) groups is 1. The number of β-lactam (4-membered cyclic amide) rings is 1. The molecule has 13 heteroatoms.